The Balaban J connectivity index is 6.34. The van der Waals surface area contributed by atoms with Gasteiger partial charge in [0.25, 0.3) is 5.91 Å². The summed E-state index contributed by atoms with van der Waals surface area (Å²) in [6, 6.07) is 0. The van der Waals surface area contributed by atoms with E-state index in [4.69, 9.17) is 15.2 Å². The second kappa shape index (κ2) is 16.4. The predicted molar refractivity (Wildman–Crippen MR) is 173 cm³/mol. The summed E-state index contributed by atoms with van der Waals surface area (Å²) < 4.78 is 12.4. The van der Waals surface area contributed by atoms with Crippen molar-refractivity contribution in [2.75, 3.05) is 7.11 Å². The Bertz CT molecular complexity index is 862. The van der Waals surface area contributed by atoms with Crippen molar-refractivity contribution in [3.63, 3.8) is 0 Å². The number of rotatable bonds is 20. The third-order valence-corrected chi connectivity index (χ3v) is 9.57. The van der Waals surface area contributed by atoms with Crippen LogP contribution >= 0.6 is 0 Å². The van der Waals surface area contributed by atoms with Crippen LogP contribution in [0.1, 0.15) is 154 Å². The number of hydrogen-bond donors (Lipinski definition) is 3. The van der Waals surface area contributed by atoms with Crippen LogP contribution in [0.25, 0.3) is 0 Å². The Kier molecular flexibility index (Phi) is 15.8. The van der Waals surface area contributed by atoms with Gasteiger partial charge in [0.15, 0.2) is 0 Å². The molecule has 0 aliphatic carbocycles. The van der Waals surface area contributed by atoms with Crippen LogP contribution < -0.4 is 16.4 Å². The van der Waals surface area contributed by atoms with E-state index in [-0.39, 0.29) is 29.2 Å². The van der Waals surface area contributed by atoms with Gasteiger partial charge in [-0.25, -0.2) is 0 Å². The van der Waals surface area contributed by atoms with Crippen LogP contribution in [0.2, 0.25) is 0 Å². The summed E-state index contributed by atoms with van der Waals surface area (Å²) >= 11 is 0. The molecule has 0 radical (unpaired) electrons. The minimum Gasteiger partial charge on any atom is -0.378 e. The summed E-state index contributed by atoms with van der Waals surface area (Å²) in [5.41, 5.74) is 4.59. The lowest BCUT2D eigenvalue weighted by atomic mass is 9.75. The molecule has 0 aromatic carbocycles. The molecular weight excluding hydrogens is 514 g/mol. The SMILES string of the molecule is CCCCC(CC)OC(C)(CC)CC(C)(CC)C(=O)N/C(C(=O)NC(C)(C)CC(C)(CC)OC)=C(/C)C(C)(N)CC. The molecule has 7 nitrogen and oxygen atoms in total. The Labute approximate surface area is 253 Å². The van der Waals surface area contributed by atoms with Gasteiger partial charge >= 0.3 is 0 Å². The lowest BCUT2D eigenvalue weighted by molar-refractivity contribution is -0.143. The van der Waals surface area contributed by atoms with Gasteiger partial charge in [-0.05, 0) is 98.5 Å². The van der Waals surface area contributed by atoms with Crippen LogP contribution in [0.15, 0.2) is 11.3 Å². The largest absolute Gasteiger partial charge is 0.378 e. The second-order valence-corrected chi connectivity index (χ2v) is 13.9. The molecule has 0 saturated carbocycles. The Morgan fingerprint density at radius 1 is 0.829 bits per heavy atom. The molecule has 4 N–H and O–H groups in total. The zero-order valence-electron chi connectivity index (χ0n) is 29.4. The Hall–Kier alpha value is -1.44. The summed E-state index contributed by atoms with van der Waals surface area (Å²) in [7, 11) is 1.70. The number of carbonyl (C=O) groups is 2. The molecule has 0 aliphatic heterocycles. The average molecular weight is 582 g/mol. The van der Waals surface area contributed by atoms with E-state index in [1.165, 1.54) is 0 Å². The number of amides is 2. The van der Waals surface area contributed by atoms with E-state index in [0.717, 1.165) is 38.5 Å². The normalized spacial score (nSPS) is 19.6. The molecule has 2 amide bonds. The van der Waals surface area contributed by atoms with Gasteiger partial charge < -0.3 is 25.8 Å². The molecule has 0 aliphatic rings. The molecule has 0 rings (SSSR count). The van der Waals surface area contributed by atoms with Crippen molar-refractivity contribution in [1.29, 1.82) is 0 Å². The van der Waals surface area contributed by atoms with E-state index in [1.54, 1.807) is 7.11 Å². The number of methoxy groups -OCH3 is 1. The first-order chi connectivity index (χ1) is 18.8. The van der Waals surface area contributed by atoms with Crippen molar-refractivity contribution in [2.45, 2.75) is 183 Å². The molecule has 0 spiro atoms. The molecule has 0 bridgehead atoms. The number of ether oxygens (including phenoxy) is 2. The summed E-state index contributed by atoms with van der Waals surface area (Å²) in [4.78, 5) is 28.0. The first kappa shape index (κ1) is 39.6. The van der Waals surface area contributed by atoms with E-state index in [9.17, 15) is 9.59 Å². The van der Waals surface area contributed by atoms with Crippen molar-refractivity contribution >= 4 is 11.8 Å². The molecule has 0 heterocycles. The molecule has 0 fully saturated rings. The van der Waals surface area contributed by atoms with E-state index in [0.29, 0.717) is 31.3 Å². The van der Waals surface area contributed by atoms with Gasteiger partial charge in [-0.2, -0.15) is 0 Å². The lowest BCUT2D eigenvalue weighted by Crippen LogP contribution is -2.53. The molecule has 5 atom stereocenters. The van der Waals surface area contributed by atoms with Gasteiger partial charge in [0.1, 0.15) is 5.70 Å². The molecule has 0 saturated heterocycles. The highest BCUT2D eigenvalue weighted by molar-refractivity contribution is 5.99. The average Bonchev–Trinajstić information content (AvgIpc) is 2.92. The van der Waals surface area contributed by atoms with Crippen molar-refractivity contribution in [3.05, 3.63) is 11.3 Å². The number of unbranched alkanes of at least 4 members (excludes halogenated alkanes) is 1. The third-order valence-electron chi connectivity index (χ3n) is 9.57. The smallest absolute Gasteiger partial charge is 0.268 e. The Morgan fingerprint density at radius 2 is 1.39 bits per heavy atom. The van der Waals surface area contributed by atoms with E-state index in [2.05, 4.69) is 45.3 Å². The molecular formula is C34H67N3O4. The maximum absolute atomic E-state index is 14.1. The number of carbonyl (C=O) groups excluding carboxylic acids is 2. The zero-order chi connectivity index (χ0) is 32.3. The topological polar surface area (TPSA) is 103 Å². The quantitative estimate of drug-likeness (QED) is 0.129. The molecule has 7 heteroatoms. The summed E-state index contributed by atoms with van der Waals surface area (Å²) in [5, 5.41) is 6.25. The summed E-state index contributed by atoms with van der Waals surface area (Å²) in [6.07, 6.45) is 8.38. The van der Waals surface area contributed by atoms with Gasteiger partial charge in [0.2, 0.25) is 5.91 Å². The monoisotopic (exact) mass is 582 g/mol. The van der Waals surface area contributed by atoms with E-state index >= 15 is 0 Å². The van der Waals surface area contributed by atoms with Crippen LogP contribution in [0.3, 0.4) is 0 Å². The Morgan fingerprint density at radius 3 is 1.80 bits per heavy atom. The highest BCUT2D eigenvalue weighted by Gasteiger charge is 2.42. The standard InChI is InChI=1S/C34H67N3O4/c1-15-21-22-26(16-2)41-33(12,19-5)24-31(10,17-3)29(39)36-27(25(7)34(13,35)20-6)28(38)37-30(8,9)23-32(11,18-4)40-14/h26H,15-24,35H2,1-14H3,(H,36,39)(H,37,38)/b27-25-. The van der Waals surface area contributed by atoms with Crippen molar-refractivity contribution < 1.29 is 19.1 Å². The highest BCUT2D eigenvalue weighted by atomic mass is 16.5. The maximum atomic E-state index is 14.1. The summed E-state index contributed by atoms with van der Waals surface area (Å²) in [6.45, 7) is 26.4. The molecule has 41 heavy (non-hydrogen) atoms. The molecule has 242 valence electrons. The molecule has 0 aromatic heterocycles. The van der Waals surface area contributed by atoms with Gasteiger partial charge in [-0.15, -0.1) is 0 Å². The lowest BCUT2D eigenvalue weighted by Gasteiger charge is -2.40. The van der Waals surface area contributed by atoms with Crippen LogP contribution in [-0.4, -0.2) is 47.3 Å². The van der Waals surface area contributed by atoms with Gasteiger partial charge in [0.05, 0.1) is 17.3 Å². The first-order valence-corrected chi connectivity index (χ1v) is 16.1. The zero-order valence-corrected chi connectivity index (χ0v) is 29.4. The van der Waals surface area contributed by atoms with Crippen molar-refractivity contribution in [2.24, 2.45) is 11.1 Å². The van der Waals surface area contributed by atoms with Gasteiger partial charge in [0, 0.05) is 23.6 Å². The summed E-state index contributed by atoms with van der Waals surface area (Å²) in [5.74, 6) is -0.520. The number of nitrogens with two attached hydrogens (primary N) is 1. The number of hydrogen-bond acceptors (Lipinski definition) is 5. The van der Waals surface area contributed by atoms with E-state index in [1.807, 2.05) is 55.4 Å². The fraction of sp³-hybridized carbons (Fsp3) is 0.882. The van der Waals surface area contributed by atoms with Crippen LogP contribution in [0.4, 0.5) is 0 Å². The van der Waals surface area contributed by atoms with Crippen LogP contribution in [0, 0.1) is 5.41 Å². The minimum absolute atomic E-state index is 0.165. The fourth-order valence-corrected chi connectivity index (χ4v) is 5.45. The number of nitrogens with one attached hydrogen (secondary N) is 2. The van der Waals surface area contributed by atoms with Crippen molar-refractivity contribution in [3.8, 4) is 0 Å². The van der Waals surface area contributed by atoms with Gasteiger partial charge in [-0.3, -0.25) is 9.59 Å². The van der Waals surface area contributed by atoms with Gasteiger partial charge in [-0.1, -0.05) is 61.3 Å². The minimum atomic E-state index is -0.758. The first-order valence-electron chi connectivity index (χ1n) is 16.1. The predicted octanol–water partition coefficient (Wildman–Crippen LogP) is 7.56. The maximum Gasteiger partial charge on any atom is 0.268 e. The van der Waals surface area contributed by atoms with Crippen LogP contribution in [-0.2, 0) is 19.1 Å². The highest BCUT2D eigenvalue weighted by Crippen LogP contribution is 2.38. The van der Waals surface area contributed by atoms with Crippen LogP contribution in [0.5, 0.6) is 0 Å². The molecule has 5 unspecified atom stereocenters. The molecule has 0 aromatic rings. The second-order valence-electron chi connectivity index (χ2n) is 13.9. The van der Waals surface area contributed by atoms with E-state index < -0.39 is 22.1 Å². The van der Waals surface area contributed by atoms with Crippen molar-refractivity contribution in [1.82, 2.24) is 10.6 Å². The fourth-order valence-electron chi connectivity index (χ4n) is 5.45. The third kappa shape index (κ3) is 12.0.